The lowest BCUT2D eigenvalue weighted by molar-refractivity contribution is 0.0737. The average Bonchev–Trinajstić information content (AvgIpc) is 2.92. The van der Waals surface area contributed by atoms with Crippen molar-refractivity contribution < 1.29 is 4.79 Å². The molecule has 0 spiro atoms. The second-order valence-electron chi connectivity index (χ2n) is 5.31. The molecule has 0 fully saturated rings. The fraction of sp³-hybridized carbons (Fsp3) is 0.250. The second-order valence-corrected chi connectivity index (χ2v) is 6.17. The molecule has 5 heteroatoms. The van der Waals surface area contributed by atoms with Gasteiger partial charge in [-0.1, -0.05) is 24.3 Å². The van der Waals surface area contributed by atoms with E-state index in [2.05, 4.69) is 33.0 Å². The molecule has 3 rings (SSSR count). The lowest BCUT2D eigenvalue weighted by Crippen LogP contribution is -2.37. The van der Waals surface area contributed by atoms with Gasteiger partial charge in [0, 0.05) is 19.3 Å². The van der Waals surface area contributed by atoms with Crippen LogP contribution in [0.25, 0.3) is 0 Å². The van der Waals surface area contributed by atoms with E-state index in [4.69, 9.17) is 0 Å². The molecule has 0 bridgehead atoms. The van der Waals surface area contributed by atoms with E-state index >= 15 is 0 Å². The number of nitrogens with zero attached hydrogens (tertiary/aromatic N) is 1. The number of fused-ring (bicyclic) bond motifs is 1. The van der Waals surface area contributed by atoms with E-state index in [1.165, 1.54) is 17.3 Å². The van der Waals surface area contributed by atoms with Gasteiger partial charge in [0.1, 0.15) is 0 Å². The Morgan fingerprint density at radius 2 is 1.90 bits per heavy atom. The summed E-state index contributed by atoms with van der Waals surface area (Å²) in [6.07, 6.45) is 3.22. The molecule has 2 aromatic rings. The van der Waals surface area contributed by atoms with E-state index in [1.54, 1.807) is 11.0 Å². The molecule has 0 unspecified atom stereocenters. The summed E-state index contributed by atoms with van der Waals surface area (Å²) in [4.78, 5) is 28.2. The van der Waals surface area contributed by atoms with Crippen LogP contribution in [0.1, 0.15) is 21.5 Å². The Morgan fingerprint density at radius 1 is 1.29 bits per heavy atom. The number of halogens is 1. The summed E-state index contributed by atoms with van der Waals surface area (Å²) in [5.74, 6) is -0.0789. The average molecular weight is 347 g/mol. The zero-order valence-corrected chi connectivity index (χ0v) is 13.2. The van der Waals surface area contributed by atoms with Gasteiger partial charge < -0.3 is 9.88 Å². The van der Waals surface area contributed by atoms with Crippen LogP contribution in [0.3, 0.4) is 0 Å². The van der Waals surface area contributed by atoms with Crippen molar-refractivity contribution in [1.29, 1.82) is 0 Å². The fourth-order valence-electron chi connectivity index (χ4n) is 2.76. The van der Waals surface area contributed by atoms with E-state index in [0.29, 0.717) is 10.0 Å². The summed E-state index contributed by atoms with van der Waals surface area (Å²) in [5.41, 5.74) is 2.87. The summed E-state index contributed by atoms with van der Waals surface area (Å²) >= 11 is 3.16. The van der Waals surface area contributed by atoms with Crippen LogP contribution in [0.15, 0.2) is 45.8 Å². The molecule has 0 saturated heterocycles. The predicted octanol–water partition coefficient (Wildman–Crippen LogP) is 2.38. The molecule has 0 saturated carbocycles. The van der Waals surface area contributed by atoms with Gasteiger partial charge in [-0.15, -0.1) is 0 Å². The summed E-state index contributed by atoms with van der Waals surface area (Å²) < 4.78 is 0.372. The Balaban J connectivity index is 1.80. The monoisotopic (exact) mass is 346 g/mol. The number of aromatic amines is 1. The zero-order valence-electron chi connectivity index (χ0n) is 11.6. The Labute approximate surface area is 130 Å². The van der Waals surface area contributed by atoms with Crippen LogP contribution in [-0.2, 0) is 12.8 Å². The Kier molecular flexibility index (Phi) is 3.68. The molecule has 0 aliphatic heterocycles. The minimum Gasteiger partial charge on any atom is -0.338 e. The van der Waals surface area contributed by atoms with E-state index in [-0.39, 0.29) is 17.5 Å². The van der Waals surface area contributed by atoms with Gasteiger partial charge in [-0.3, -0.25) is 9.59 Å². The maximum absolute atomic E-state index is 12.5. The topological polar surface area (TPSA) is 53.2 Å². The molecule has 4 nitrogen and oxygen atoms in total. The predicted molar refractivity (Wildman–Crippen MR) is 84.5 cm³/mol. The molecule has 0 atom stereocenters. The Morgan fingerprint density at radius 3 is 2.48 bits per heavy atom. The van der Waals surface area contributed by atoms with Crippen LogP contribution in [0.4, 0.5) is 0 Å². The normalized spacial score (nSPS) is 14.0. The smallest absolute Gasteiger partial charge is 0.262 e. The van der Waals surface area contributed by atoms with Gasteiger partial charge in [0.25, 0.3) is 11.5 Å². The number of aromatic nitrogens is 1. The Hall–Kier alpha value is -1.88. The van der Waals surface area contributed by atoms with Crippen LogP contribution >= 0.6 is 15.9 Å². The van der Waals surface area contributed by atoms with Crippen LogP contribution < -0.4 is 5.56 Å². The van der Waals surface area contributed by atoms with Crippen LogP contribution in [-0.4, -0.2) is 28.9 Å². The van der Waals surface area contributed by atoms with Crippen molar-refractivity contribution in [3.05, 3.63) is 68.0 Å². The van der Waals surface area contributed by atoms with Gasteiger partial charge in [0.2, 0.25) is 0 Å². The van der Waals surface area contributed by atoms with Crippen molar-refractivity contribution in [2.24, 2.45) is 0 Å². The van der Waals surface area contributed by atoms with Gasteiger partial charge in [0.05, 0.1) is 10.0 Å². The summed E-state index contributed by atoms with van der Waals surface area (Å²) in [6, 6.07) is 10.0. The molecule has 108 valence electrons. The Bertz CT molecular complexity index is 729. The van der Waals surface area contributed by atoms with Crippen molar-refractivity contribution in [1.82, 2.24) is 9.88 Å². The third kappa shape index (κ3) is 2.65. The number of hydrogen-bond donors (Lipinski definition) is 1. The number of likely N-dealkylation sites (N-methyl/N-ethyl adjacent to an activating group) is 1. The molecular weight excluding hydrogens is 332 g/mol. The van der Waals surface area contributed by atoms with Crippen molar-refractivity contribution in [2.45, 2.75) is 18.9 Å². The van der Waals surface area contributed by atoms with E-state index in [0.717, 1.165) is 12.8 Å². The van der Waals surface area contributed by atoms with Crippen LogP contribution in [0.5, 0.6) is 0 Å². The molecule has 0 radical (unpaired) electrons. The SMILES string of the molecule is CN(C(=O)c1c[nH]c(=O)c(Br)c1)C1Cc2ccccc2C1. The largest absolute Gasteiger partial charge is 0.338 e. The summed E-state index contributed by atoms with van der Waals surface area (Å²) in [7, 11) is 1.82. The van der Waals surface area contributed by atoms with Gasteiger partial charge in [-0.2, -0.15) is 0 Å². The third-order valence-electron chi connectivity index (χ3n) is 4.00. The molecule has 1 aliphatic rings. The number of carbonyl (C=O) groups excluding carboxylic acids is 1. The number of amides is 1. The first-order valence-electron chi connectivity index (χ1n) is 6.78. The molecule has 1 heterocycles. The van der Waals surface area contributed by atoms with E-state index < -0.39 is 0 Å². The first kappa shape index (κ1) is 14.1. The molecule has 1 N–H and O–H groups in total. The quantitative estimate of drug-likeness (QED) is 0.907. The second kappa shape index (κ2) is 5.48. The highest BCUT2D eigenvalue weighted by atomic mass is 79.9. The molecule has 1 aromatic carbocycles. The number of rotatable bonds is 2. The van der Waals surface area contributed by atoms with Crippen molar-refractivity contribution >= 4 is 21.8 Å². The first-order chi connectivity index (χ1) is 10.1. The van der Waals surface area contributed by atoms with Crippen molar-refractivity contribution in [2.75, 3.05) is 7.05 Å². The van der Waals surface area contributed by atoms with Crippen molar-refractivity contribution in [3.8, 4) is 0 Å². The van der Waals surface area contributed by atoms with Crippen LogP contribution in [0, 0.1) is 0 Å². The number of H-pyrrole nitrogens is 1. The minimum atomic E-state index is -0.234. The highest BCUT2D eigenvalue weighted by Crippen LogP contribution is 2.25. The number of nitrogens with one attached hydrogen (secondary N) is 1. The molecule has 1 aliphatic carbocycles. The molecule has 21 heavy (non-hydrogen) atoms. The standard InChI is InChI=1S/C16H15BrN2O2/c1-19(13-6-10-4-2-3-5-11(10)7-13)16(21)12-8-14(17)15(20)18-9-12/h2-5,8-9,13H,6-7H2,1H3,(H,18,20). The zero-order chi connectivity index (χ0) is 15.0. The van der Waals surface area contributed by atoms with E-state index in [9.17, 15) is 9.59 Å². The van der Waals surface area contributed by atoms with Gasteiger partial charge >= 0.3 is 0 Å². The highest BCUT2D eigenvalue weighted by molar-refractivity contribution is 9.10. The number of benzene rings is 1. The highest BCUT2D eigenvalue weighted by Gasteiger charge is 2.27. The summed E-state index contributed by atoms with van der Waals surface area (Å²) in [6.45, 7) is 0. The first-order valence-corrected chi connectivity index (χ1v) is 7.57. The molecule has 1 amide bonds. The molecular formula is C16H15BrN2O2. The summed E-state index contributed by atoms with van der Waals surface area (Å²) in [5, 5.41) is 0. The maximum atomic E-state index is 12.5. The fourth-order valence-corrected chi connectivity index (χ4v) is 3.12. The van der Waals surface area contributed by atoms with Gasteiger partial charge in [-0.25, -0.2) is 0 Å². The van der Waals surface area contributed by atoms with Crippen LogP contribution in [0.2, 0.25) is 0 Å². The van der Waals surface area contributed by atoms with Gasteiger partial charge in [-0.05, 0) is 46.0 Å². The van der Waals surface area contributed by atoms with E-state index in [1.807, 2.05) is 19.2 Å². The number of hydrogen-bond acceptors (Lipinski definition) is 2. The van der Waals surface area contributed by atoms with Gasteiger partial charge in [0.15, 0.2) is 0 Å². The maximum Gasteiger partial charge on any atom is 0.262 e. The minimum absolute atomic E-state index is 0.0789. The lowest BCUT2D eigenvalue weighted by atomic mass is 10.1. The third-order valence-corrected chi connectivity index (χ3v) is 4.59. The van der Waals surface area contributed by atoms with Crippen molar-refractivity contribution in [3.63, 3.8) is 0 Å². The lowest BCUT2D eigenvalue weighted by Gasteiger charge is -2.24. The molecule has 1 aromatic heterocycles. The number of pyridine rings is 1. The number of carbonyl (C=O) groups is 1.